The molecule has 2 fully saturated rings. The number of rotatable bonds is 3. The van der Waals surface area contributed by atoms with Gasteiger partial charge in [-0.25, -0.2) is 0 Å². The molecule has 4 nitrogen and oxygen atoms in total. The summed E-state index contributed by atoms with van der Waals surface area (Å²) in [7, 11) is 0. The van der Waals surface area contributed by atoms with Crippen LogP contribution < -0.4 is 0 Å². The molecule has 0 aliphatic heterocycles. The van der Waals surface area contributed by atoms with Crippen molar-refractivity contribution in [3.63, 3.8) is 0 Å². The van der Waals surface area contributed by atoms with Gasteiger partial charge in [-0.3, -0.25) is 19.2 Å². The van der Waals surface area contributed by atoms with Crippen molar-refractivity contribution in [2.24, 2.45) is 22.7 Å². The highest BCUT2D eigenvalue weighted by Crippen LogP contribution is 2.49. The summed E-state index contributed by atoms with van der Waals surface area (Å²) in [5, 5.41) is 0.525. The lowest BCUT2D eigenvalue weighted by molar-refractivity contribution is -0.145. The molecule has 0 amide bonds. The van der Waals surface area contributed by atoms with E-state index in [1.165, 1.54) is 0 Å². The number of Topliss-reactive ketones (excluding diaryl/α,β-unsaturated/α-hetero) is 4. The van der Waals surface area contributed by atoms with Crippen molar-refractivity contribution in [1.29, 1.82) is 0 Å². The van der Waals surface area contributed by atoms with Crippen LogP contribution in [0.15, 0.2) is 18.2 Å². The SMILES string of the molecule is CC1(C)CC(=O)C(C(c2c(Cl)cccc2Cl)C2C(=O)CC(C)(C)CC2=O)C(=O)C1. The minimum atomic E-state index is -1.08. The van der Waals surface area contributed by atoms with Crippen LogP contribution in [0.5, 0.6) is 0 Å². The van der Waals surface area contributed by atoms with Crippen LogP contribution in [0.25, 0.3) is 0 Å². The summed E-state index contributed by atoms with van der Waals surface area (Å²) in [4.78, 5) is 52.4. The maximum Gasteiger partial charge on any atom is 0.144 e. The molecule has 156 valence electrons. The number of benzene rings is 1. The molecule has 0 heterocycles. The van der Waals surface area contributed by atoms with E-state index in [-0.39, 0.29) is 58.9 Å². The zero-order valence-corrected chi connectivity index (χ0v) is 18.7. The molecule has 3 rings (SSSR count). The number of carbonyl (C=O) groups is 4. The molecule has 0 spiro atoms. The molecule has 2 aliphatic carbocycles. The Morgan fingerprint density at radius 2 is 1.03 bits per heavy atom. The highest BCUT2D eigenvalue weighted by Gasteiger charge is 2.53. The summed E-state index contributed by atoms with van der Waals surface area (Å²) < 4.78 is 0. The van der Waals surface area contributed by atoms with Crippen molar-refractivity contribution >= 4 is 46.3 Å². The first-order valence-electron chi connectivity index (χ1n) is 9.88. The maximum atomic E-state index is 13.1. The van der Waals surface area contributed by atoms with Gasteiger partial charge in [0.2, 0.25) is 0 Å². The number of ketones is 4. The Kier molecular flexibility index (Phi) is 5.83. The lowest BCUT2D eigenvalue weighted by Crippen LogP contribution is -2.48. The van der Waals surface area contributed by atoms with Gasteiger partial charge in [0.1, 0.15) is 23.1 Å². The van der Waals surface area contributed by atoms with E-state index in [9.17, 15) is 19.2 Å². The van der Waals surface area contributed by atoms with E-state index in [2.05, 4.69) is 0 Å². The molecule has 29 heavy (non-hydrogen) atoms. The third kappa shape index (κ3) is 4.34. The van der Waals surface area contributed by atoms with Crippen molar-refractivity contribution < 1.29 is 19.2 Å². The predicted molar refractivity (Wildman–Crippen MR) is 112 cm³/mol. The van der Waals surface area contributed by atoms with E-state index < -0.39 is 28.6 Å². The fourth-order valence-electron chi connectivity index (χ4n) is 4.97. The zero-order valence-electron chi connectivity index (χ0n) is 17.2. The van der Waals surface area contributed by atoms with E-state index in [1.54, 1.807) is 18.2 Å². The molecule has 0 bridgehead atoms. The fourth-order valence-corrected chi connectivity index (χ4v) is 5.62. The second-order valence-corrected chi connectivity index (χ2v) is 10.8. The molecular formula is C23H26Cl2O4. The van der Waals surface area contributed by atoms with Crippen LogP contribution in [-0.4, -0.2) is 23.1 Å². The largest absolute Gasteiger partial charge is 0.299 e. The number of hydrogen-bond donors (Lipinski definition) is 0. The van der Waals surface area contributed by atoms with Crippen molar-refractivity contribution in [2.75, 3.05) is 0 Å². The quantitative estimate of drug-likeness (QED) is 0.608. The van der Waals surface area contributed by atoms with Crippen LogP contribution >= 0.6 is 23.2 Å². The maximum absolute atomic E-state index is 13.1. The number of hydrogen-bond acceptors (Lipinski definition) is 4. The minimum Gasteiger partial charge on any atom is -0.299 e. The van der Waals surface area contributed by atoms with Crippen LogP contribution in [0, 0.1) is 22.7 Å². The third-order valence-electron chi connectivity index (χ3n) is 6.05. The van der Waals surface area contributed by atoms with Crippen LogP contribution in [0.4, 0.5) is 0 Å². The van der Waals surface area contributed by atoms with Crippen LogP contribution in [0.2, 0.25) is 10.0 Å². The first-order valence-corrected chi connectivity index (χ1v) is 10.6. The molecular weight excluding hydrogens is 411 g/mol. The highest BCUT2D eigenvalue weighted by molar-refractivity contribution is 6.36. The summed E-state index contributed by atoms with van der Waals surface area (Å²) >= 11 is 12.9. The summed E-state index contributed by atoms with van der Waals surface area (Å²) in [6.07, 6.45) is 0.844. The Morgan fingerprint density at radius 1 is 0.724 bits per heavy atom. The lowest BCUT2D eigenvalue weighted by atomic mass is 9.59. The smallest absolute Gasteiger partial charge is 0.144 e. The molecule has 0 saturated heterocycles. The topological polar surface area (TPSA) is 68.3 Å². The summed E-state index contributed by atoms with van der Waals surface area (Å²) in [6, 6.07) is 4.88. The Hall–Kier alpha value is -1.52. The highest BCUT2D eigenvalue weighted by atomic mass is 35.5. The Labute approximate surface area is 181 Å². The van der Waals surface area contributed by atoms with Crippen LogP contribution in [0.3, 0.4) is 0 Å². The number of halogens is 2. The standard InChI is InChI=1S/C23H26Cl2O4/c1-22(2)8-14(26)19(15(27)9-22)21(18-12(24)6-5-7-13(18)25)20-16(28)10-23(3,4)11-17(20)29/h5-7,19-21H,8-11H2,1-4H3. The molecule has 1 aromatic rings. The first-order chi connectivity index (χ1) is 13.3. The van der Waals surface area contributed by atoms with Gasteiger partial charge in [-0.2, -0.15) is 0 Å². The Bertz CT molecular complexity index is 792. The van der Waals surface area contributed by atoms with E-state index in [0.717, 1.165) is 0 Å². The van der Waals surface area contributed by atoms with Gasteiger partial charge in [0.05, 0.1) is 11.8 Å². The molecule has 0 atom stereocenters. The monoisotopic (exact) mass is 436 g/mol. The van der Waals surface area contributed by atoms with Crippen LogP contribution in [-0.2, 0) is 19.2 Å². The van der Waals surface area contributed by atoms with Gasteiger partial charge in [-0.1, -0.05) is 57.0 Å². The summed E-state index contributed by atoms with van der Waals surface area (Å²) in [5.74, 6) is -4.13. The van der Waals surface area contributed by atoms with Gasteiger partial charge >= 0.3 is 0 Å². The van der Waals surface area contributed by atoms with Crippen molar-refractivity contribution in [3.05, 3.63) is 33.8 Å². The van der Waals surface area contributed by atoms with E-state index >= 15 is 0 Å². The van der Waals surface area contributed by atoms with E-state index in [4.69, 9.17) is 23.2 Å². The lowest BCUT2D eigenvalue weighted by Gasteiger charge is -2.41. The van der Waals surface area contributed by atoms with Gasteiger partial charge in [0.15, 0.2) is 0 Å². The molecule has 2 saturated carbocycles. The van der Waals surface area contributed by atoms with E-state index in [1.807, 2.05) is 27.7 Å². The average Bonchev–Trinajstić information content (AvgIpc) is 2.50. The summed E-state index contributed by atoms with van der Waals surface area (Å²) in [6.45, 7) is 7.48. The van der Waals surface area contributed by atoms with Crippen molar-refractivity contribution in [1.82, 2.24) is 0 Å². The average molecular weight is 437 g/mol. The van der Waals surface area contributed by atoms with Gasteiger partial charge in [0.25, 0.3) is 0 Å². The van der Waals surface area contributed by atoms with Gasteiger partial charge in [-0.15, -0.1) is 0 Å². The second-order valence-electron chi connectivity index (χ2n) is 10.0. The van der Waals surface area contributed by atoms with E-state index in [0.29, 0.717) is 5.56 Å². The first kappa shape index (κ1) is 22.2. The minimum absolute atomic E-state index is 0.211. The molecule has 0 unspecified atom stereocenters. The molecule has 6 heteroatoms. The summed E-state index contributed by atoms with van der Waals surface area (Å²) in [5.41, 5.74) is -0.530. The normalized spacial score (nSPS) is 23.1. The van der Waals surface area contributed by atoms with Gasteiger partial charge < -0.3 is 0 Å². The van der Waals surface area contributed by atoms with Crippen LogP contribution in [0.1, 0.15) is 64.9 Å². The number of carbonyl (C=O) groups excluding carboxylic acids is 4. The molecule has 2 aliphatic rings. The van der Waals surface area contributed by atoms with Crippen molar-refractivity contribution in [3.8, 4) is 0 Å². The Balaban J connectivity index is 2.16. The molecule has 0 N–H and O–H groups in total. The van der Waals surface area contributed by atoms with Gasteiger partial charge in [0, 0.05) is 41.6 Å². The third-order valence-corrected chi connectivity index (χ3v) is 6.71. The van der Waals surface area contributed by atoms with Gasteiger partial charge in [-0.05, 0) is 28.5 Å². The predicted octanol–water partition coefficient (Wildman–Crippen LogP) is 5.23. The molecule has 0 radical (unpaired) electrons. The molecule has 1 aromatic carbocycles. The fraction of sp³-hybridized carbons (Fsp3) is 0.565. The Morgan fingerprint density at radius 3 is 1.34 bits per heavy atom. The van der Waals surface area contributed by atoms with Crippen molar-refractivity contribution in [2.45, 2.75) is 59.3 Å². The zero-order chi connectivity index (χ0) is 21.7. The molecule has 0 aromatic heterocycles. The second kappa shape index (κ2) is 7.63.